The number of hydrogen-bond donors (Lipinski definition) is 1. The van der Waals surface area contributed by atoms with Crippen molar-refractivity contribution in [2.45, 2.75) is 38.1 Å². The Hall–Kier alpha value is -2.55. The number of rotatable bonds is 6. The first kappa shape index (κ1) is 19.8. The minimum absolute atomic E-state index is 0.0380. The molecule has 2 rings (SSSR count). The molecule has 1 aliphatic heterocycles. The van der Waals surface area contributed by atoms with Gasteiger partial charge in [0.15, 0.2) is 0 Å². The van der Waals surface area contributed by atoms with Crippen molar-refractivity contribution in [2.75, 3.05) is 6.26 Å². The van der Waals surface area contributed by atoms with Gasteiger partial charge in [0, 0.05) is 12.8 Å². The van der Waals surface area contributed by atoms with Crippen molar-refractivity contribution in [3.05, 3.63) is 35.9 Å². The van der Waals surface area contributed by atoms with Crippen molar-refractivity contribution in [3.63, 3.8) is 0 Å². The molecule has 3 amide bonds. The first-order valence-electron chi connectivity index (χ1n) is 8.02. The first-order valence-corrected chi connectivity index (χ1v) is 9.91. The number of carbonyl (C=O) groups excluding carboxylic acids is 4. The van der Waals surface area contributed by atoms with E-state index in [1.54, 1.807) is 35.1 Å². The van der Waals surface area contributed by atoms with Gasteiger partial charge in [-0.05, 0) is 18.9 Å². The number of sulfonamides is 1. The molecule has 0 unspecified atom stereocenters. The van der Waals surface area contributed by atoms with Crippen molar-refractivity contribution in [1.82, 2.24) is 9.62 Å². The van der Waals surface area contributed by atoms with Crippen LogP contribution in [0.4, 0.5) is 0 Å². The monoisotopic (exact) mass is 380 g/mol. The van der Waals surface area contributed by atoms with Crippen LogP contribution in [-0.2, 0) is 29.2 Å². The molecule has 1 aromatic carbocycles. The maximum atomic E-state index is 12.6. The standard InChI is InChI=1S/C17H20N2O6S/c1-11(20)13(12-6-4-3-5-7-12)10-16(22)19-14(8-9-15(19)21)17(23)18-26(2,24)25/h3-7,13-14H,8-10H2,1-2H3,(H,18,23)/t13-,14+/m1/s1. The van der Waals surface area contributed by atoms with Crippen molar-refractivity contribution in [1.29, 1.82) is 0 Å². The Morgan fingerprint density at radius 1 is 1.23 bits per heavy atom. The molecular formula is C17H20N2O6S. The van der Waals surface area contributed by atoms with Crippen LogP contribution in [-0.4, -0.2) is 49.1 Å². The third-order valence-corrected chi connectivity index (χ3v) is 4.71. The second-order valence-electron chi connectivity index (χ2n) is 6.23. The van der Waals surface area contributed by atoms with Crippen molar-refractivity contribution in [3.8, 4) is 0 Å². The number of hydrogen-bond acceptors (Lipinski definition) is 6. The molecule has 0 saturated carbocycles. The Kier molecular flexibility index (Phi) is 5.91. The highest BCUT2D eigenvalue weighted by Gasteiger charge is 2.41. The number of imide groups is 1. The highest BCUT2D eigenvalue weighted by molar-refractivity contribution is 7.89. The average Bonchev–Trinajstić information content (AvgIpc) is 2.93. The Balaban J connectivity index is 2.21. The molecular weight excluding hydrogens is 360 g/mol. The fourth-order valence-electron chi connectivity index (χ4n) is 2.95. The molecule has 1 N–H and O–H groups in total. The fraction of sp³-hybridized carbons (Fsp3) is 0.412. The minimum atomic E-state index is -3.81. The lowest BCUT2D eigenvalue weighted by atomic mass is 9.91. The van der Waals surface area contributed by atoms with E-state index in [0.717, 1.165) is 11.2 Å². The SMILES string of the molecule is CC(=O)[C@@H](CC(=O)N1C(=O)CC[C@H]1C(=O)NS(C)(=O)=O)c1ccccc1. The Morgan fingerprint density at radius 2 is 1.85 bits per heavy atom. The van der Waals surface area contributed by atoms with E-state index in [9.17, 15) is 27.6 Å². The summed E-state index contributed by atoms with van der Waals surface area (Å²) in [6.45, 7) is 1.35. The number of Topliss-reactive ketones (excluding diaryl/α,β-unsaturated/α-hetero) is 1. The van der Waals surface area contributed by atoms with Gasteiger partial charge in [-0.1, -0.05) is 30.3 Å². The predicted molar refractivity (Wildman–Crippen MR) is 92.3 cm³/mol. The molecule has 8 nitrogen and oxygen atoms in total. The predicted octanol–water partition coefficient (Wildman–Crippen LogP) is 0.343. The summed E-state index contributed by atoms with van der Waals surface area (Å²) in [6, 6.07) is 7.47. The van der Waals surface area contributed by atoms with Crippen LogP contribution in [0.5, 0.6) is 0 Å². The maximum absolute atomic E-state index is 12.6. The van der Waals surface area contributed by atoms with E-state index in [0.29, 0.717) is 5.56 Å². The molecule has 1 heterocycles. The van der Waals surface area contributed by atoms with Gasteiger partial charge in [0.2, 0.25) is 21.8 Å². The van der Waals surface area contributed by atoms with Crippen LogP contribution in [0.1, 0.15) is 37.7 Å². The van der Waals surface area contributed by atoms with Crippen LogP contribution in [0, 0.1) is 0 Å². The molecule has 2 atom stereocenters. The molecule has 1 aliphatic rings. The van der Waals surface area contributed by atoms with Gasteiger partial charge >= 0.3 is 0 Å². The summed E-state index contributed by atoms with van der Waals surface area (Å²) in [4.78, 5) is 49.6. The minimum Gasteiger partial charge on any atom is -0.299 e. The zero-order chi connectivity index (χ0) is 19.5. The van der Waals surface area contributed by atoms with Gasteiger partial charge in [0.25, 0.3) is 5.91 Å². The van der Waals surface area contributed by atoms with Gasteiger partial charge in [0.1, 0.15) is 11.8 Å². The number of ketones is 1. The quantitative estimate of drug-likeness (QED) is 0.760. The van der Waals surface area contributed by atoms with Crippen molar-refractivity contribution < 1.29 is 27.6 Å². The zero-order valence-corrected chi connectivity index (χ0v) is 15.3. The molecule has 0 aromatic heterocycles. The topological polar surface area (TPSA) is 118 Å². The van der Waals surface area contributed by atoms with Crippen LogP contribution in [0.15, 0.2) is 30.3 Å². The molecule has 0 spiro atoms. The summed E-state index contributed by atoms with van der Waals surface area (Å²) in [7, 11) is -3.81. The van der Waals surface area contributed by atoms with E-state index in [2.05, 4.69) is 0 Å². The van der Waals surface area contributed by atoms with Gasteiger partial charge in [-0.15, -0.1) is 0 Å². The van der Waals surface area contributed by atoms with Gasteiger partial charge in [-0.25, -0.2) is 8.42 Å². The summed E-state index contributed by atoms with van der Waals surface area (Å²) in [5.74, 6) is -3.14. The molecule has 1 fully saturated rings. The first-order chi connectivity index (χ1) is 12.1. The third-order valence-electron chi connectivity index (χ3n) is 4.14. The van der Waals surface area contributed by atoms with Crippen LogP contribution in [0.3, 0.4) is 0 Å². The highest BCUT2D eigenvalue weighted by Crippen LogP contribution is 2.26. The number of likely N-dealkylation sites (tertiary alicyclic amines) is 1. The van der Waals surface area contributed by atoms with Gasteiger partial charge < -0.3 is 0 Å². The Bertz CT molecular complexity index is 834. The summed E-state index contributed by atoms with van der Waals surface area (Å²) in [6.07, 6.45) is 0.550. The third kappa shape index (κ3) is 4.75. The molecule has 0 radical (unpaired) electrons. The van der Waals surface area contributed by atoms with Crippen LogP contribution in [0.2, 0.25) is 0 Å². The fourth-order valence-corrected chi connectivity index (χ4v) is 3.45. The second-order valence-corrected chi connectivity index (χ2v) is 7.98. The molecule has 1 saturated heterocycles. The van der Waals surface area contributed by atoms with Crippen LogP contribution < -0.4 is 4.72 Å². The van der Waals surface area contributed by atoms with E-state index in [-0.39, 0.29) is 25.0 Å². The number of carbonyl (C=O) groups is 4. The Morgan fingerprint density at radius 3 is 2.38 bits per heavy atom. The largest absolute Gasteiger partial charge is 0.299 e. The number of amides is 3. The smallest absolute Gasteiger partial charge is 0.256 e. The van der Waals surface area contributed by atoms with E-state index >= 15 is 0 Å². The van der Waals surface area contributed by atoms with Gasteiger partial charge in [-0.3, -0.25) is 28.8 Å². The highest BCUT2D eigenvalue weighted by atomic mass is 32.2. The zero-order valence-electron chi connectivity index (χ0n) is 14.5. The summed E-state index contributed by atoms with van der Waals surface area (Å²) in [5.41, 5.74) is 0.636. The maximum Gasteiger partial charge on any atom is 0.256 e. The lowest BCUT2D eigenvalue weighted by Gasteiger charge is -2.24. The van der Waals surface area contributed by atoms with Crippen molar-refractivity contribution in [2.24, 2.45) is 0 Å². The molecule has 0 aliphatic carbocycles. The van der Waals surface area contributed by atoms with Crippen molar-refractivity contribution >= 4 is 33.5 Å². The van der Waals surface area contributed by atoms with E-state index in [4.69, 9.17) is 0 Å². The van der Waals surface area contributed by atoms with Gasteiger partial charge in [-0.2, -0.15) is 0 Å². The average molecular weight is 380 g/mol. The molecule has 140 valence electrons. The normalized spacial score (nSPS) is 18.5. The lowest BCUT2D eigenvalue weighted by Crippen LogP contribution is -2.49. The van der Waals surface area contributed by atoms with E-state index < -0.39 is 39.7 Å². The molecule has 9 heteroatoms. The van der Waals surface area contributed by atoms with E-state index in [1.165, 1.54) is 6.92 Å². The lowest BCUT2D eigenvalue weighted by molar-refractivity contribution is -0.148. The van der Waals surface area contributed by atoms with Gasteiger partial charge in [0.05, 0.1) is 12.2 Å². The number of nitrogens with one attached hydrogen (secondary N) is 1. The second kappa shape index (κ2) is 7.77. The number of benzene rings is 1. The summed E-state index contributed by atoms with van der Waals surface area (Å²) >= 11 is 0. The molecule has 0 bridgehead atoms. The number of nitrogens with zero attached hydrogens (tertiary/aromatic N) is 1. The molecule has 1 aromatic rings. The Labute approximate surface area is 151 Å². The van der Waals surface area contributed by atoms with Crippen LogP contribution in [0.25, 0.3) is 0 Å². The summed E-state index contributed by atoms with van der Waals surface area (Å²) < 4.78 is 24.3. The summed E-state index contributed by atoms with van der Waals surface area (Å²) in [5, 5.41) is 0. The molecule has 26 heavy (non-hydrogen) atoms. The van der Waals surface area contributed by atoms with Crippen LogP contribution >= 0.6 is 0 Å². The van der Waals surface area contributed by atoms with E-state index in [1.807, 2.05) is 0 Å².